The molecule has 1 aromatic heterocycles. The SMILES string of the molecule is CN1CCCCC(NC(=O)c2ccc3[nH]ncc3c2)C1. The van der Waals surface area contributed by atoms with Gasteiger partial charge in [-0.2, -0.15) is 5.10 Å². The van der Waals surface area contributed by atoms with Crippen molar-refractivity contribution in [1.29, 1.82) is 0 Å². The fraction of sp³-hybridized carbons (Fsp3) is 0.467. The molecule has 1 fully saturated rings. The van der Waals surface area contributed by atoms with Gasteiger partial charge in [-0.3, -0.25) is 9.89 Å². The Morgan fingerprint density at radius 1 is 1.45 bits per heavy atom. The molecule has 20 heavy (non-hydrogen) atoms. The van der Waals surface area contributed by atoms with Gasteiger partial charge in [0.25, 0.3) is 5.91 Å². The molecule has 1 atom stereocenters. The highest BCUT2D eigenvalue weighted by Crippen LogP contribution is 2.14. The van der Waals surface area contributed by atoms with Crippen LogP contribution in [0.25, 0.3) is 10.9 Å². The summed E-state index contributed by atoms with van der Waals surface area (Å²) >= 11 is 0. The van der Waals surface area contributed by atoms with Crippen molar-refractivity contribution in [2.24, 2.45) is 0 Å². The summed E-state index contributed by atoms with van der Waals surface area (Å²) in [5.41, 5.74) is 1.65. The number of H-pyrrole nitrogens is 1. The molecule has 3 rings (SSSR count). The zero-order valence-electron chi connectivity index (χ0n) is 11.7. The smallest absolute Gasteiger partial charge is 0.251 e. The second kappa shape index (κ2) is 5.63. The summed E-state index contributed by atoms with van der Waals surface area (Å²) in [6, 6.07) is 5.87. The van der Waals surface area contributed by atoms with Crippen molar-refractivity contribution in [2.45, 2.75) is 25.3 Å². The lowest BCUT2D eigenvalue weighted by Crippen LogP contribution is -2.41. The highest BCUT2D eigenvalue weighted by Gasteiger charge is 2.18. The average molecular weight is 272 g/mol. The fourth-order valence-electron chi connectivity index (χ4n) is 2.80. The van der Waals surface area contributed by atoms with Crippen LogP contribution < -0.4 is 5.32 Å². The standard InChI is InChI=1S/C15H20N4O/c1-19-7-3-2-4-13(10-19)17-15(20)11-5-6-14-12(8-11)9-16-18-14/h5-6,8-9,13H,2-4,7,10H2,1H3,(H,16,18)(H,17,20). The molecule has 1 aliphatic rings. The normalized spacial score (nSPS) is 20.8. The average Bonchev–Trinajstić information content (AvgIpc) is 2.81. The number of fused-ring (bicyclic) bond motifs is 1. The van der Waals surface area contributed by atoms with Crippen LogP contribution in [0.15, 0.2) is 24.4 Å². The molecule has 5 heteroatoms. The predicted molar refractivity (Wildman–Crippen MR) is 78.7 cm³/mol. The zero-order valence-corrected chi connectivity index (χ0v) is 11.7. The number of rotatable bonds is 2. The number of amides is 1. The molecule has 0 bridgehead atoms. The van der Waals surface area contributed by atoms with E-state index in [0.717, 1.165) is 30.4 Å². The van der Waals surface area contributed by atoms with Gasteiger partial charge < -0.3 is 10.2 Å². The summed E-state index contributed by atoms with van der Waals surface area (Å²) in [7, 11) is 2.11. The Hall–Kier alpha value is -1.88. The molecule has 2 heterocycles. The summed E-state index contributed by atoms with van der Waals surface area (Å²) in [4.78, 5) is 14.6. The largest absolute Gasteiger partial charge is 0.348 e. The third-order valence-corrected chi connectivity index (χ3v) is 3.91. The van der Waals surface area contributed by atoms with Crippen LogP contribution in [-0.2, 0) is 0 Å². The first-order valence-electron chi connectivity index (χ1n) is 7.15. The third-order valence-electron chi connectivity index (χ3n) is 3.91. The van der Waals surface area contributed by atoms with Crippen LogP contribution in [0.4, 0.5) is 0 Å². The lowest BCUT2D eigenvalue weighted by molar-refractivity contribution is 0.0929. The molecule has 2 aromatic rings. The highest BCUT2D eigenvalue weighted by molar-refractivity contribution is 5.98. The molecule has 0 radical (unpaired) electrons. The van der Waals surface area contributed by atoms with Gasteiger partial charge in [-0.05, 0) is 44.6 Å². The molecular formula is C15H20N4O. The van der Waals surface area contributed by atoms with E-state index in [1.807, 2.05) is 18.2 Å². The van der Waals surface area contributed by atoms with Crippen LogP contribution in [0.1, 0.15) is 29.6 Å². The van der Waals surface area contributed by atoms with Gasteiger partial charge in [0.1, 0.15) is 0 Å². The molecule has 2 N–H and O–H groups in total. The number of carbonyl (C=O) groups is 1. The summed E-state index contributed by atoms with van der Waals surface area (Å²) in [6.07, 6.45) is 5.19. The van der Waals surface area contributed by atoms with Gasteiger partial charge >= 0.3 is 0 Å². The van der Waals surface area contributed by atoms with Crippen LogP contribution in [0, 0.1) is 0 Å². The van der Waals surface area contributed by atoms with Gasteiger partial charge in [0, 0.05) is 23.5 Å². The van der Waals surface area contributed by atoms with Gasteiger partial charge in [-0.1, -0.05) is 6.42 Å². The van der Waals surface area contributed by atoms with E-state index in [9.17, 15) is 4.79 Å². The topological polar surface area (TPSA) is 61.0 Å². The third kappa shape index (κ3) is 2.82. The van der Waals surface area contributed by atoms with Crippen LogP contribution >= 0.6 is 0 Å². The lowest BCUT2D eigenvalue weighted by Gasteiger charge is -2.21. The molecule has 1 aliphatic heterocycles. The Morgan fingerprint density at radius 3 is 3.25 bits per heavy atom. The van der Waals surface area contributed by atoms with E-state index in [1.165, 1.54) is 12.8 Å². The molecule has 1 amide bonds. The first-order valence-corrected chi connectivity index (χ1v) is 7.15. The quantitative estimate of drug-likeness (QED) is 0.876. The number of nitrogens with one attached hydrogen (secondary N) is 2. The highest BCUT2D eigenvalue weighted by atomic mass is 16.1. The number of carbonyl (C=O) groups excluding carboxylic acids is 1. The van der Waals surface area contributed by atoms with Gasteiger partial charge in [0.05, 0.1) is 11.7 Å². The van der Waals surface area contributed by atoms with Crippen LogP contribution in [0.3, 0.4) is 0 Å². The summed E-state index contributed by atoms with van der Waals surface area (Å²) in [5.74, 6) is 0.00778. The summed E-state index contributed by atoms with van der Waals surface area (Å²) < 4.78 is 0. The molecule has 1 aromatic carbocycles. The number of likely N-dealkylation sites (N-methyl/N-ethyl adjacent to an activating group) is 1. The van der Waals surface area contributed by atoms with Crippen molar-refractivity contribution < 1.29 is 4.79 Å². The molecule has 5 nitrogen and oxygen atoms in total. The van der Waals surface area contributed by atoms with Crippen LogP contribution in [0.2, 0.25) is 0 Å². The molecule has 0 aliphatic carbocycles. The van der Waals surface area contributed by atoms with Gasteiger partial charge in [-0.25, -0.2) is 0 Å². The Kier molecular flexibility index (Phi) is 3.69. The Balaban J connectivity index is 1.71. The van der Waals surface area contributed by atoms with Crippen molar-refractivity contribution in [3.05, 3.63) is 30.0 Å². The number of benzene rings is 1. The van der Waals surface area contributed by atoms with Gasteiger partial charge in [0.15, 0.2) is 0 Å². The van der Waals surface area contributed by atoms with Crippen LogP contribution in [0.5, 0.6) is 0 Å². The maximum absolute atomic E-state index is 12.3. The minimum Gasteiger partial charge on any atom is -0.348 e. The van der Waals surface area contributed by atoms with E-state index in [1.54, 1.807) is 6.20 Å². The van der Waals surface area contributed by atoms with Gasteiger partial charge in [-0.15, -0.1) is 0 Å². The zero-order chi connectivity index (χ0) is 13.9. The lowest BCUT2D eigenvalue weighted by atomic mass is 10.1. The van der Waals surface area contributed by atoms with E-state index in [2.05, 4.69) is 27.5 Å². The maximum Gasteiger partial charge on any atom is 0.251 e. The van der Waals surface area contributed by atoms with Crippen molar-refractivity contribution in [3.63, 3.8) is 0 Å². The predicted octanol–water partition coefficient (Wildman–Crippen LogP) is 1.78. The Labute approximate surface area is 118 Å². The summed E-state index contributed by atoms with van der Waals surface area (Å²) in [5, 5.41) is 11.0. The van der Waals surface area contributed by atoms with E-state index in [0.29, 0.717) is 5.56 Å². The van der Waals surface area contributed by atoms with E-state index in [4.69, 9.17) is 0 Å². The monoisotopic (exact) mass is 272 g/mol. The minimum atomic E-state index is 0.00778. The molecule has 1 unspecified atom stereocenters. The molecular weight excluding hydrogens is 252 g/mol. The molecule has 1 saturated heterocycles. The Bertz CT molecular complexity index is 607. The number of hydrogen-bond donors (Lipinski definition) is 2. The number of hydrogen-bond acceptors (Lipinski definition) is 3. The van der Waals surface area contributed by atoms with Crippen molar-refractivity contribution in [1.82, 2.24) is 20.4 Å². The first-order chi connectivity index (χ1) is 9.72. The fourth-order valence-corrected chi connectivity index (χ4v) is 2.80. The number of aromatic amines is 1. The Morgan fingerprint density at radius 2 is 2.35 bits per heavy atom. The van der Waals surface area contributed by atoms with Crippen LogP contribution in [-0.4, -0.2) is 47.2 Å². The number of aromatic nitrogens is 2. The van der Waals surface area contributed by atoms with Gasteiger partial charge in [0.2, 0.25) is 0 Å². The van der Waals surface area contributed by atoms with Crippen molar-refractivity contribution in [2.75, 3.05) is 20.1 Å². The maximum atomic E-state index is 12.3. The molecule has 0 spiro atoms. The second-order valence-electron chi connectivity index (χ2n) is 5.60. The minimum absolute atomic E-state index is 0.00778. The molecule has 106 valence electrons. The number of likely N-dealkylation sites (tertiary alicyclic amines) is 1. The van der Waals surface area contributed by atoms with E-state index >= 15 is 0 Å². The molecule has 0 saturated carbocycles. The van der Waals surface area contributed by atoms with E-state index < -0.39 is 0 Å². The summed E-state index contributed by atoms with van der Waals surface area (Å²) in [6.45, 7) is 2.05. The van der Waals surface area contributed by atoms with E-state index in [-0.39, 0.29) is 11.9 Å². The van der Waals surface area contributed by atoms with Crippen molar-refractivity contribution in [3.8, 4) is 0 Å². The first kappa shape index (κ1) is 13.1. The van der Waals surface area contributed by atoms with Crippen molar-refractivity contribution >= 4 is 16.8 Å². The second-order valence-corrected chi connectivity index (χ2v) is 5.60. The number of nitrogens with zero attached hydrogens (tertiary/aromatic N) is 2.